The lowest BCUT2D eigenvalue weighted by atomic mass is 10.2. The summed E-state index contributed by atoms with van der Waals surface area (Å²) >= 11 is 0. The quantitative estimate of drug-likeness (QED) is 0.685. The highest BCUT2D eigenvalue weighted by atomic mass is 16.6. The maximum Gasteiger partial charge on any atom is 0.123 e. The molecule has 72 valence electrons. The topological polar surface area (TPSA) is 50.7 Å². The molecule has 0 amide bonds. The largest absolute Gasteiger partial charge is 0.508 e. The van der Waals surface area contributed by atoms with Crippen LogP contribution in [0, 0.1) is 0 Å². The van der Waals surface area contributed by atoms with E-state index >= 15 is 0 Å². The summed E-state index contributed by atoms with van der Waals surface area (Å²) < 4.78 is 5.09. The number of benzene rings is 1. The molecule has 0 unspecified atom stereocenters. The summed E-state index contributed by atoms with van der Waals surface area (Å²) in [5.74, 6) is 0.941. The second kappa shape index (κ2) is 4.69. The van der Waals surface area contributed by atoms with Crippen LogP contribution in [-0.2, 0) is 11.4 Å². The lowest BCUT2D eigenvalue weighted by molar-refractivity contribution is 0.0861. The van der Waals surface area contributed by atoms with Crippen molar-refractivity contribution in [2.75, 3.05) is 14.2 Å². The van der Waals surface area contributed by atoms with Gasteiger partial charge in [-0.2, -0.15) is 5.48 Å². The highest BCUT2D eigenvalue weighted by Crippen LogP contribution is 2.22. The molecule has 1 aromatic carbocycles. The summed E-state index contributed by atoms with van der Waals surface area (Å²) in [6, 6.07) is 4.92. The first-order chi connectivity index (χ1) is 6.27. The molecular weight excluding hydrogens is 170 g/mol. The second-order valence-electron chi connectivity index (χ2n) is 2.52. The van der Waals surface area contributed by atoms with Crippen molar-refractivity contribution < 1.29 is 14.7 Å². The van der Waals surface area contributed by atoms with Crippen LogP contribution in [-0.4, -0.2) is 19.3 Å². The first-order valence-electron chi connectivity index (χ1n) is 3.89. The minimum absolute atomic E-state index is 0.216. The van der Waals surface area contributed by atoms with E-state index in [1.165, 1.54) is 7.11 Å². The van der Waals surface area contributed by atoms with Gasteiger partial charge in [-0.1, -0.05) is 0 Å². The highest BCUT2D eigenvalue weighted by molar-refractivity contribution is 5.39. The first kappa shape index (κ1) is 9.83. The molecule has 0 saturated heterocycles. The third-order valence-electron chi connectivity index (χ3n) is 1.67. The Balaban J connectivity index is 2.81. The van der Waals surface area contributed by atoms with Crippen LogP contribution < -0.4 is 10.2 Å². The zero-order chi connectivity index (χ0) is 9.68. The van der Waals surface area contributed by atoms with Gasteiger partial charge in [-0.25, -0.2) is 0 Å². The Hall–Kier alpha value is -1.26. The summed E-state index contributed by atoms with van der Waals surface area (Å²) in [6.07, 6.45) is 0. The molecule has 4 heteroatoms. The van der Waals surface area contributed by atoms with Crippen LogP contribution in [0.3, 0.4) is 0 Å². The summed E-state index contributed by atoms with van der Waals surface area (Å²) in [6.45, 7) is 0.494. The summed E-state index contributed by atoms with van der Waals surface area (Å²) in [4.78, 5) is 4.70. The Morgan fingerprint density at radius 1 is 1.38 bits per heavy atom. The van der Waals surface area contributed by atoms with Gasteiger partial charge >= 0.3 is 0 Å². The van der Waals surface area contributed by atoms with Gasteiger partial charge in [0.2, 0.25) is 0 Å². The Morgan fingerprint density at radius 3 is 2.77 bits per heavy atom. The van der Waals surface area contributed by atoms with Crippen LogP contribution in [0.4, 0.5) is 0 Å². The van der Waals surface area contributed by atoms with Crippen LogP contribution in [0.25, 0.3) is 0 Å². The average molecular weight is 183 g/mol. The van der Waals surface area contributed by atoms with E-state index in [0.29, 0.717) is 6.54 Å². The molecule has 0 saturated carbocycles. The first-order valence-corrected chi connectivity index (χ1v) is 3.89. The van der Waals surface area contributed by atoms with E-state index in [2.05, 4.69) is 5.48 Å². The number of phenolic OH excluding ortho intramolecular Hbond substituents is 1. The number of hydroxylamine groups is 1. The molecule has 0 radical (unpaired) electrons. The molecule has 2 N–H and O–H groups in total. The predicted molar refractivity (Wildman–Crippen MR) is 48.5 cm³/mol. The van der Waals surface area contributed by atoms with E-state index < -0.39 is 0 Å². The molecule has 0 heterocycles. The van der Waals surface area contributed by atoms with Gasteiger partial charge in [0.05, 0.1) is 14.2 Å². The molecular formula is C9H13NO3. The van der Waals surface area contributed by atoms with Gasteiger partial charge in [0.25, 0.3) is 0 Å². The minimum Gasteiger partial charge on any atom is -0.508 e. The zero-order valence-corrected chi connectivity index (χ0v) is 7.70. The number of aromatic hydroxyl groups is 1. The maximum atomic E-state index is 9.21. The van der Waals surface area contributed by atoms with Crippen molar-refractivity contribution in [3.8, 4) is 11.5 Å². The van der Waals surface area contributed by atoms with Crippen molar-refractivity contribution >= 4 is 0 Å². The number of rotatable bonds is 4. The van der Waals surface area contributed by atoms with Crippen LogP contribution in [0.15, 0.2) is 18.2 Å². The van der Waals surface area contributed by atoms with Crippen LogP contribution in [0.1, 0.15) is 5.56 Å². The van der Waals surface area contributed by atoms with Gasteiger partial charge in [0, 0.05) is 12.1 Å². The number of methoxy groups -OCH3 is 1. The van der Waals surface area contributed by atoms with E-state index in [1.54, 1.807) is 25.3 Å². The van der Waals surface area contributed by atoms with E-state index in [0.717, 1.165) is 11.3 Å². The average Bonchev–Trinajstić information content (AvgIpc) is 2.15. The van der Waals surface area contributed by atoms with Crippen molar-refractivity contribution in [1.82, 2.24) is 5.48 Å². The van der Waals surface area contributed by atoms with Crippen LogP contribution in [0.2, 0.25) is 0 Å². The molecule has 1 aromatic rings. The Bertz CT molecular complexity index is 276. The van der Waals surface area contributed by atoms with E-state index in [1.807, 2.05) is 0 Å². The van der Waals surface area contributed by atoms with Crippen molar-refractivity contribution in [3.05, 3.63) is 23.8 Å². The number of phenols is 1. The molecule has 1 rings (SSSR count). The van der Waals surface area contributed by atoms with Gasteiger partial charge < -0.3 is 14.7 Å². The van der Waals surface area contributed by atoms with Crippen molar-refractivity contribution in [3.63, 3.8) is 0 Å². The van der Waals surface area contributed by atoms with Gasteiger partial charge in [-0.3, -0.25) is 0 Å². The fraction of sp³-hybridized carbons (Fsp3) is 0.333. The number of hydrogen-bond donors (Lipinski definition) is 2. The van der Waals surface area contributed by atoms with Crippen LogP contribution >= 0.6 is 0 Å². The molecule has 0 spiro atoms. The second-order valence-corrected chi connectivity index (χ2v) is 2.52. The fourth-order valence-corrected chi connectivity index (χ4v) is 1.05. The van der Waals surface area contributed by atoms with Crippen LogP contribution in [0.5, 0.6) is 11.5 Å². The summed E-state index contributed by atoms with van der Waals surface area (Å²) in [5, 5.41) is 9.21. The van der Waals surface area contributed by atoms with Crippen molar-refractivity contribution in [2.24, 2.45) is 0 Å². The van der Waals surface area contributed by atoms with E-state index in [9.17, 15) is 5.11 Å². The molecule has 0 bridgehead atoms. The van der Waals surface area contributed by atoms with Gasteiger partial charge in [-0.05, 0) is 18.2 Å². The normalized spacial score (nSPS) is 10.0. The molecule has 0 aromatic heterocycles. The monoisotopic (exact) mass is 183 g/mol. The van der Waals surface area contributed by atoms with E-state index in [-0.39, 0.29) is 5.75 Å². The van der Waals surface area contributed by atoms with Crippen molar-refractivity contribution in [1.29, 1.82) is 0 Å². The lowest BCUT2D eigenvalue weighted by Gasteiger charge is -2.08. The van der Waals surface area contributed by atoms with Gasteiger partial charge in [-0.15, -0.1) is 0 Å². The molecule has 13 heavy (non-hydrogen) atoms. The molecule has 0 aliphatic rings. The predicted octanol–water partition coefficient (Wildman–Crippen LogP) is 1.05. The Labute approximate surface area is 77.1 Å². The molecule has 0 fully saturated rings. The molecule has 4 nitrogen and oxygen atoms in total. The highest BCUT2D eigenvalue weighted by Gasteiger charge is 2.02. The Kier molecular flexibility index (Phi) is 3.54. The fourth-order valence-electron chi connectivity index (χ4n) is 1.05. The number of ether oxygens (including phenoxy) is 1. The van der Waals surface area contributed by atoms with Gasteiger partial charge in [0.1, 0.15) is 11.5 Å². The third kappa shape index (κ3) is 2.61. The summed E-state index contributed by atoms with van der Waals surface area (Å²) in [5.41, 5.74) is 3.53. The standard InChI is InChI=1S/C9H13NO3/c1-12-9-4-3-8(11)5-7(9)6-10-13-2/h3-5,10-11H,6H2,1-2H3. The maximum absolute atomic E-state index is 9.21. The van der Waals surface area contributed by atoms with Gasteiger partial charge in [0.15, 0.2) is 0 Å². The smallest absolute Gasteiger partial charge is 0.123 e. The van der Waals surface area contributed by atoms with E-state index in [4.69, 9.17) is 9.57 Å². The third-order valence-corrected chi connectivity index (χ3v) is 1.67. The molecule has 0 aliphatic carbocycles. The zero-order valence-electron chi connectivity index (χ0n) is 7.70. The minimum atomic E-state index is 0.216. The SMILES string of the molecule is CONCc1cc(O)ccc1OC. The van der Waals surface area contributed by atoms with Crippen molar-refractivity contribution in [2.45, 2.75) is 6.54 Å². The molecule has 0 aliphatic heterocycles. The lowest BCUT2D eigenvalue weighted by Crippen LogP contribution is -2.11. The summed E-state index contributed by atoms with van der Waals surface area (Å²) in [7, 11) is 3.12. The molecule has 0 atom stereocenters. The number of hydrogen-bond acceptors (Lipinski definition) is 4. The number of nitrogens with one attached hydrogen (secondary N) is 1. The Morgan fingerprint density at radius 2 is 2.15 bits per heavy atom.